The van der Waals surface area contributed by atoms with Crippen LogP contribution in [0.1, 0.15) is 26.4 Å². The fourth-order valence-electron chi connectivity index (χ4n) is 3.10. The molecule has 3 aromatic rings. The lowest BCUT2D eigenvalue weighted by molar-refractivity contribution is 0.100. The first-order valence-electron chi connectivity index (χ1n) is 7.63. The van der Waals surface area contributed by atoms with E-state index in [0.717, 1.165) is 40.3 Å². The van der Waals surface area contributed by atoms with Gasteiger partial charge in [0.2, 0.25) is 0 Å². The van der Waals surface area contributed by atoms with Gasteiger partial charge < -0.3 is 10.5 Å². The van der Waals surface area contributed by atoms with Gasteiger partial charge in [0.15, 0.2) is 5.06 Å². The molecule has 0 atom stereocenters. The number of pyridine rings is 1. The molecule has 6 nitrogen and oxygen atoms in total. The van der Waals surface area contributed by atoms with Crippen LogP contribution in [0.4, 0.5) is 0 Å². The summed E-state index contributed by atoms with van der Waals surface area (Å²) in [6, 6.07) is 3.81. The minimum atomic E-state index is -0.402. The number of aryl methyl sites for hydroxylation is 2. The number of thiophene rings is 1. The second kappa shape index (κ2) is 5.76. The molecule has 1 aliphatic rings. The SMILES string of the molecule is Cn1ncc2c1-c1c(OCc3ccncc3)sc(C(N)=O)c1CC2. The summed E-state index contributed by atoms with van der Waals surface area (Å²) in [5.74, 6) is -0.402. The van der Waals surface area contributed by atoms with Gasteiger partial charge in [-0.3, -0.25) is 14.5 Å². The molecule has 122 valence electrons. The average Bonchev–Trinajstić information content (AvgIpc) is 3.15. The number of rotatable bonds is 4. The zero-order valence-corrected chi connectivity index (χ0v) is 14.0. The van der Waals surface area contributed by atoms with Crippen LogP contribution in [0.3, 0.4) is 0 Å². The predicted molar refractivity (Wildman–Crippen MR) is 91.0 cm³/mol. The number of nitrogens with two attached hydrogens (primary N) is 1. The summed E-state index contributed by atoms with van der Waals surface area (Å²) in [5.41, 5.74) is 10.7. The highest BCUT2D eigenvalue weighted by Crippen LogP contribution is 2.47. The number of hydrogen-bond donors (Lipinski definition) is 1. The quantitative estimate of drug-likeness (QED) is 0.790. The number of fused-ring (bicyclic) bond motifs is 3. The van der Waals surface area contributed by atoms with Gasteiger partial charge in [0.05, 0.1) is 22.3 Å². The van der Waals surface area contributed by atoms with Gasteiger partial charge in [-0.2, -0.15) is 5.10 Å². The number of amides is 1. The van der Waals surface area contributed by atoms with Crippen molar-refractivity contribution < 1.29 is 9.53 Å². The Labute approximate surface area is 142 Å². The molecule has 0 bridgehead atoms. The van der Waals surface area contributed by atoms with E-state index in [1.165, 1.54) is 16.9 Å². The number of ether oxygens (including phenoxy) is 1. The Morgan fingerprint density at radius 1 is 1.38 bits per heavy atom. The second-order valence-electron chi connectivity index (χ2n) is 5.72. The topological polar surface area (TPSA) is 83.0 Å². The van der Waals surface area contributed by atoms with Crippen molar-refractivity contribution in [2.24, 2.45) is 12.8 Å². The number of nitrogens with zero attached hydrogens (tertiary/aromatic N) is 3. The Hall–Kier alpha value is -2.67. The molecule has 0 aliphatic heterocycles. The Morgan fingerprint density at radius 3 is 2.92 bits per heavy atom. The summed E-state index contributed by atoms with van der Waals surface area (Å²) in [7, 11) is 1.90. The normalized spacial score (nSPS) is 12.5. The van der Waals surface area contributed by atoms with Gasteiger partial charge in [0.25, 0.3) is 5.91 Å². The molecular formula is C17H16N4O2S. The molecule has 0 radical (unpaired) electrons. The lowest BCUT2D eigenvalue weighted by atomic mass is 9.91. The summed E-state index contributed by atoms with van der Waals surface area (Å²) in [4.78, 5) is 16.4. The molecule has 0 fully saturated rings. The summed E-state index contributed by atoms with van der Waals surface area (Å²) < 4.78 is 7.88. The molecule has 0 aromatic carbocycles. The molecule has 24 heavy (non-hydrogen) atoms. The Bertz CT molecular complexity index is 914. The van der Waals surface area contributed by atoms with Gasteiger partial charge in [-0.25, -0.2) is 0 Å². The zero-order chi connectivity index (χ0) is 16.7. The lowest BCUT2D eigenvalue weighted by Gasteiger charge is -2.16. The van der Waals surface area contributed by atoms with Crippen molar-refractivity contribution in [2.45, 2.75) is 19.4 Å². The molecule has 0 saturated heterocycles. The largest absolute Gasteiger partial charge is 0.479 e. The van der Waals surface area contributed by atoms with E-state index in [-0.39, 0.29) is 0 Å². The Kier molecular flexibility index (Phi) is 3.57. The number of aromatic nitrogens is 3. The van der Waals surface area contributed by atoms with Crippen molar-refractivity contribution >= 4 is 17.2 Å². The van der Waals surface area contributed by atoms with Crippen LogP contribution in [0.2, 0.25) is 0 Å². The van der Waals surface area contributed by atoms with Crippen LogP contribution in [0.5, 0.6) is 5.06 Å². The summed E-state index contributed by atoms with van der Waals surface area (Å²) >= 11 is 1.32. The molecule has 1 aliphatic carbocycles. The van der Waals surface area contributed by atoms with Crippen LogP contribution >= 0.6 is 11.3 Å². The van der Waals surface area contributed by atoms with Crippen molar-refractivity contribution in [1.82, 2.24) is 14.8 Å². The highest BCUT2D eigenvalue weighted by atomic mass is 32.1. The molecule has 0 saturated carbocycles. The molecule has 3 heterocycles. The molecule has 3 aromatic heterocycles. The summed E-state index contributed by atoms with van der Waals surface area (Å²) in [5, 5.41) is 5.07. The maximum Gasteiger partial charge on any atom is 0.259 e. The molecule has 2 N–H and O–H groups in total. The zero-order valence-electron chi connectivity index (χ0n) is 13.2. The predicted octanol–water partition coefficient (Wildman–Crippen LogP) is 2.32. The number of carbonyl (C=O) groups excluding carboxylic acids is 1. The van der Waals surface area contributed by atoms with Crippen LogP contribution in [-0.4, -0.2) is 20.7 Å². The van der Waals surface area contributed by atoms with E-state index >= 15 is 0 Å². The van der Waals surface area contributed by atoms with Gasteiger partial charge in [-0.15, -0.1) is 0 Å². The first-order chi connectivity index (χ1) is 11.6. The third kappa shape index (κ3) is 2.37. The van der Waals surface area contributed by atoms with Crippen LogP contribution in [0.25, 0.3) is 11.3 Å². The van der Waals surface area contributed by atoms with Gasteiger partial charge >= 0.3 is 0 Å². The molecule has 4 rings (SSSR count). The highest BCUT2D eigenvalue weighted by molar-refractivity contribution is 7.16. The van der Waals surface area contributed by atoms with Crippen LogP contribution in [-0.2, 0) is 26.5 Å². The van der Waals surface area contributed by atoms with Crippen molar-refractivity contribution in [3.05, 3.63) is 52.3 Å². The van der Waals surface area contributed by atoms with E-state index in [1.807, 2.05) is 30.1 Å². The molecular weight excluding hydrogens is 324 g/mol. The maximum absolute atomic E-state index is 11.8. The van der Waals surface area contributed by atoms with Gasteiger partial charge in [-0.1, -0.05) is 11.3 Å². The third-order valence-electron chi connectivity index (χ3n) is 4.21. The monoisotopic (exact) mass is 340 g/mol. The van der Waals surface area contributed by atoms with Gasteiger partial charge in [0.1, 0.15) is 6.61 Å². The minimum Gasteiger partial charge on any atom is -0.479 e. The molecule has 7 heteroatoms. The van der Waals surface area contributed by atoms with Crippen molar-refractivity contribution in [2.75, 3.05) is 0 Å². The average molecular weight is 340 g/mol. The number of carbonyl (C=O) groups is 1. The van der Waals surface area contributed by atoms with E-state index in [9.17, 15) is 4.79 Å². The van der Waals surface area contributed by atoms with Crippen molar-refractivity contribution in [3.63, 3.8) is 0 Å². The van der Waals surface area contributed by atoms with E-state index in [4.69, 9.17) is 10.5 Å². The van der Waals surface area contributed by atoms with Crippen molar-refractivity contribution in [3.8, 4) is 16.3 Å². The van der Waals surface area contributed by atoms with E-state index in [2.05, 4.69) is 10.1 Å². The highest BCUT2D eigenvalue weighted by Gasteiger charge is 2.30. The standard InChI is InChI=1S/C17H16N4O2S/c1-21-14-11(8-20-21)2-3-12-13(14)17(24-15(12)16(18)22)23-9-10-4-6-19-7-5-10/h4-8H,2-3,9H2,1H3,(H2,18,22). The maximum atomic E-state index is 11.8. The first kappa shape index (κ1) is 14.9. The fraction of sp³-hybridized carbons (Fsp3) is 0.235. The Morgan fingerprint density at radius 2 is 2.17 bits per heavy atom. The van der Waals surface area contributed by atoms with Crippen molar-refractivity contribution in [1.29, 1.82) is 0 Å². The molecule has 0 unspecified atom stereocenters. The van der Waals surface area contributed by atoms with Gasteiger partial charge in [0, 0.05) is 19.4 Å². The first-order valence-corrected chi connectivity index (χ1v) is 8.45. The van der Waals surface area contributed by atoms with Crippen LogP contribution in [0, 0.1) is 0 Å². The summed E-state index contributed by atoms with van der Waals surface area (Å²) in [6.45, 7) is 0.418. The fourth-order valence-corrected chi connectivity index (χ4v) is 4.15. The lowest BCUT2D eigenvalue weighted by Crippen LogP contribution is -2.13. The number of primary amides is 1. The van der Waals surface area contributed by atoms with E-state index in [0.29, 0.717) is 11.5 Å². The Balaban J connectivity index is 1.78. The smallest absolute Gasteiger partial charge is 0.259 e. The molecule has 0 spiro atoms. The van der Waals surface area contributed by atoms with Gasteiger partial charge in [-0.05, 0) is 41.7 Å². The minimum absolute atomic E-state index is 0.402. The third-order valence-corrected chi connectivity index (χ3v) is 5.37. The van der Waals surface area contributed by atoms with Crippen LogP contribution in [0.15, 0.2) is 30.7 Å². The molecule has 1 amide bonds. The number of hydrogen-bond acceptors (Lipinski definition) is 5. The summed E-state index contributed by atoms with van der Waals surface area (Å²) in [6.07, 6.45) is 6.98. The van der Waals surface area contributed by atoms with E-state index < -0.39 is 5.91 Å². The van der Waals surface area contributed by atoms with E-state index in [1.54, 1.807) is 12.4 Å². The van der Waals surface area contributed by atoms with Crippen LogP contribution < -0.4 is 10.5 Å². The second-order valence-corrected chi connectivity index (χ2v) is 6.71.